The topological polar surface area (TPSA) is 173 Å². The molecule has 6 N–H and O–H groups in total. The Morgan fingerprint density at radius 3 is 1.33 bits per heavy atom. The van der Waals surface area contributed by atoms with Gasteiger partial charge in [0.2, 0.25) is 0 Å². The van der Waals surface area contributed by atoms with Crippen LogP contribution in [0.4, 0.5) is 19.9 Å². The molecular formula is C34H28CoN8O4S2. The quantitative estimate of drug-likeness (QED) is 0.0705. The van der Waals surface area contributed by atoms with Crippen molar-refractivity contribution in [2.75, 3.05) is 10.6 Å². The number of thiazole rings is 2. The van der Waals surface area contributed by atoms with Gasteiger partial charge in [0.25, 0.3) is 0 Å². The summed E-state index contributed by atoms with van der Waals surface area (Å²) in [4.78, 5) is 32.3. The van der Waals surface area contributed by atoms with Gasteiger partial charge in [0.1, 0.15) is 11.5 Å². The Kier molecular flexibility index (Phi) is 13.6. The third-order valence-corrected chi connectivity index (χ3v) is 7.72. The molecule has 15 heteroatoms. The Labute approximate surface area is 299 Å². The van der Waals surface area contributed by atoms with Gasteiger partial charge in [-0.2, -0.15) is 10.2 Å². The first kappa shape index (κ1) is 36.0. The second-order valence-electron chi connectivity index (χ2n) is 9.57. The summed E-state index contributed by atoms with van der Waals surface area (Å²) in [6, 6.07) is 31.8. The molecule has 49 heavy (non-hydrogen) atoms. The third kappa shape index (κ3) is 11.1. The van der Waals surface area contributed by atoms with E-state index in [0.717, 1.165) is 22.5 Å². The monoisotopic (exact) mass is 735 g/mol. The van der Waals surface area contributed by atoms with Gasteiger partial charge in [-0.25, -0.2) is 30.4 Å². The van der Waals surface area contributed by atoms with Crippen molar-refractivity contribution in [1.29, 1.82) is 0 Å². The van der Waals surface area contributed by atoms with Crippen LogP contribution in [0.25, 0.3) is 22.5 Å². The fourth-order valence-electron chi connectivity index (χ4n) is 3.91. The van der Waals surface area contributed by atoms with E-state index in [1.807, 2.05) is 71.4 Å². The number of nitrogens with one attached hydrogen (secondary N) is 4. The van der Waals surface area contributed by atoms with Crippen LogP contribution in [-0.2, 0) is 16.8 Å². The number of phenols is 2. The van der Waals surface area contributed by atoms with E-state index in [2.05, 4.69) is 41.7 Å². The summed E-state index contributed by atoms with van der Waals surface area (Å²) in [5, 5.41) is 36.7. The molecule has 0 atom stereocenters. The van der Waals surface area contributed by atoms with E-state index in [0.29, 0.717) is 21.4 Å². The van der Waals surface area contributed by atoms with Gasteiger partial charge in [-0.1, -0.05) is 84.9 Å². The summed E-state index contributed by atoms with van der Waals surface area (Å²) >= 11 is 2.66. The number of amides is 4. The van der Waals surface area contributed by atoms with Crippen molar-refractivity contribution in [3.05, 3.63) is 131 Å². The van der Waals surface area contributed by atoms with Crippen LogP contribution in [0.5, 0.6) is 11.5 Å². The minimum Gasteiger partial charge on any atom is -0.507 e. The van der Waals surface area contributed by atoms with E-state index >= 15 is 0 Å². The molecule has 0 aliphatic carbocycles. The van der Waals surface area contributed by atoms with Crippen LogP contribution in [0, 0.1) is 0 Å². The number of hydrogen-bond donors (Lipinski definition) is 6. The maximum atomic E-state index is 11.8. The molecule has 4 aromatic carbocycles. The van der Waals surface area contributed by atoms with Gasteiger partial charge in [-0.15, -0.1) is 22.7 Å². The average molecular weight is 736 g/mol. The van der Waals surface area contributed by atoms with E-state index in [-0.39, 0.29) is 28.3 Å². The largest absolute Gasteiger partial charge is 0.507 e. The minimum absolute atomic E-state index is 0. The number of rotatable bonds is 8. The number of urea groups is 2. The number of benzene rings is 4. The van der Waals surface area contributed by atoms with Crippen LogP contribution in [-0.4, -0.2) is 44.7 Å². The molecule has 0 aliphatic rings. The molecule has 6 aromatic rings. The zero-order valence-corrected chi connectivity index (χ0v) is 28.0. The van der Waals surface area contributed by atoms with Crippen LogP contribution >= 0.6 is 22.7 Å². The van der Waals surface area contributed by atoms with Crippen molar-refractivity contribution in [3.63, 3.8) is 0 Å². The molecule has 4 amide bonds. The van der Waals surface area contributed by atoms with Crippen LogP contribution in [0.2, 0.25) is 0 Å². The maximum absolute atomic E-state index is 11.8. The maximum Gasteiger partial charge on any atom is 0.341 e. The predicted octanol–water partition coefficient (Wildman–Crippen LogP) is 7.34. The van der Waals surface area contributed by atoms with Crippen LogP contribution in [0.1, 0.15) is 11.1 Å². The molecule has 0 saturated carbocycles. The number of carbonyl (C=O) groups excluding carboxylic acids is 2. The zero-order valence-electron chi connectivity index (χ0n) is 25.4. The molecule has 249 valence electrons. The summed E-state index contributed by atoms with van der Waals surface area (Å²) < 4.78 is 0. The molecule has 6 rings (SSSR count). The molecule has 12 nitrogen and oxygen atoms in total. The van der Waals surface area contributed by atoms with Gasteiger partial charge in [0.05, 0.1) is 23.8 Å². The van der Waals surface area contributed by atoms with Crippen molar-refractivity contribution < 1.29 is 36.6 Å². The van der Waals surface area contributed by atoms with Crippen molar-refractivity contribution in [3.8, 4) is 34.0 Å². The van der Waals surface area contributed by atoms with E-state index in [9.17, 15) is 19.8 Å². The first-order valence-corrected chi connectivity index (χ1v) is 16.0. The fraction of sp³-hybridized carbons (Fsp3) is 0. The molecule has 0 spiro atoms. The second-order valence-corrected chi connectivity index (χ2v) is 11.3. The number of aromatic nitrogens is 2. The molecule has 1 radical (unpaired) electrons. The van der Waals surface area contributed by atoms with Gasteiger partial charge < -0.3 is 10.2 Å². The van der Waals surface area contributed by atoms with Gasteiger partial charge in [0.15, 0.2) is 10.3 Å². The Morgan fingerprint density at radius 2 is 0.939 bits per heavy atom. The number of para-hydroxylation sites is 2. The van der Waals surface area contributed by atoms with E-state index in [1.54, 1.807) is 48.5 Å². The van der Waals surface area contributed by atoms with E-state index in [1.165, 1.54) is 35.1 Å². The van der Waals surface area contributed by atoms with Crippen LogP contribution in [0.3, 0.4) is 0 Å². The van der Waals surface area contributed by atoms with Crippen molar-refractivity contribution >= 4 is 57.4 Å². The first-order valence-electron chi connectivity index (χ1n) is 14.2. The average Bonchev–Trinajstić information content (AvgIpc) is 3.78. The van der Waals surface area contributed by atoms with Gasteiger partial charge in [0, 0.05) is 49.8 Å². The third-order valence-electron chi connectivity index (χ3n) is 6.20. The number of anilines is 2. The minimum atomic E-state index is -0.504. The molecule has 2 aromatic heterocycles. The summed E-state index contributed by atoms with van der Waals surface area (Å²) in [6.45, 7) is 0. The fourth-order valence-corrected chi connectivity index (χ4v) is 5.34. The summed E-state index contributed by atoms with van der Waals surface area (Å²) in [5.41, 5.74) is 9.26. The van der Waals surface area contributed by atoms with Gasteiger partial charge >= 0.3 is 12.1 Å². The Hall–Kier alpha value is -5.87. The molecule has 0 bridgehead atoms. The molecule has 0 aliphatic heterocycles. The number of hydrogen-bond acceptors (Lipinski definition) is 10. The summed E-state index contributed by atoms with van der Waals surface area (Å²) in [7, 11) is 0. The van der Waals surface area contributed by atoms with E-state index < -0.39 is 12.1 Å². The zero-order chi connectivity index (χ0) is 33.6. The van der Waals surface area contributed by atoms with Crippen molar-refractivity contribution in [2.24, 2.45) is 10.2 Å². The SMILES string of the molecule is O=C(N/N=C\c1ccccc1O)Nc1nc(-c2ccccc2)cs1.O=C(N/N=C\c1ccccc1O)Nc1nc(-c2ccccc2)cs1.[Co]. The van der Waals surface area contributed by atoms with Crippen molar-refractivity contribution in [2.45, 2.75) is 0 Å². The second kappa shape index (κ2) is 18.5. The molecule has 2 heterocycles. The van der Waals surface area contributed by atoms with Gasteiger partial charge in [-0.3, -0.25) is 10.6 Å². The van der Waals surface area contributed by atoms with Crippen molar-refractivity contribution in [1.82, 2.24) is 20.8 Å². The molecular weight excluding hydrogens is 707 g/mol. The Morgan fingerprint density at radius 1 is 0.571 bits per heavy atom. The van der Waals surface area contributed by atoms with Gasteiger partial charge in [-0.05, 0) is 24.3 Å². The number of carbonyl (C=O) groups is 2. The Balaban J connectivity index is 0.000000216. The summed E-state index contributed by atoms with van der Waals surface area (Å²) in [5.74, 6) is 0.187. The number of nitrogens with zero attached hydrogens (tertiary/aromatic N) is 4. The first-order chi connectivity index (χ1) is 23.4. The molecule has 0 saturated heterocycles. The number of hydrazone groups is 2. The Bertz CT molecular complexity index is 1880. The number of aromatic hydroxyl groups is 2. The van der Waals surface area contributed by atoms with Crippen LogP contribution < -0.4 is 21.5 Å². The smallest absolute Gasteiger partial charge is 0.341 e. The normalized spacial score (nSPS) is 10.4. The predicted molar refractivity (Wildman–Crippen MR) is 191 cm³/mol. The molecule has 0 fully saturated rings. The number of phenolic OH excluding ortho intramolecular Hbond substituents is 2. The van der Waals surface area contributed by atoms with Crippen LogP contribution in [0.15, 0.2) is 130 Å². The van der Waals surface area contributed by atoms with E-state index in [4.69, 9.17) is 0 Å². The summed E-state index contributed by atoms with van der Waals surface area (Å²) in [6.07, 6.45) is 2.73. The molecule has 0 unspecified atom stereocenters. The standard InChI is InChI=1S/2C17H14N4O2S.Co/c2*22-15-9-5-4-8-13(15)10-18-21-16(23)20-17-19-14(11-24-17)12-6-2-1-3-7-12;/h2*1-11,22H,(H2,19,20,21,23);/b2*18-10-;.